The molecule has 1 heteroatoms. The molecule has 68 valence electrons. The summed E-state index contributed by atoms with van der Waals surface area (Å²) in [6, 6.07) is 0. The molecule has 1 unspecified atom stereocenters. The molecule has 1 atom stereocenters. The minimum Gasteiger partial charge on any atom is -0.299 e. The minimum absolute atomic E-state index is 0.151. The van der Waals surface area contributed by atoms with Gasteiger partial charge in [0.25, 0.3) is 0 Å². The van der Waals surface area contributed by atoms with E-state index in [0.717, 1.165) is 12.8 Å². The van der Waals surface area contributed by atoms with Gasteiger partial charge in [-0.25, -0.2) is 0 Å². The molecule has 0 radical (unpaired) electrons. The van der Waals surface area contributed by atoms with E-state index in [1.165, 1.54) is 32.1 Å². The fourth-order valence-corrected chi connectivity index (χ4v) is 3.15. The Balaban J connectivity index is 2.22. The van der Waals surface area contributed by atoms with Crippen LogP contribution in [0.1, 0.15) is 51.9 Å². The standard InChI is InChI=1S/C11H18O/c1-9-5-4-6-10(12)11(9)7-2-3-8-11/h9H,2-8H2,1H3. The zero-order valence-electron chi connectivity index (χ0n) is 7.94. The van der Waals surface area contributed by atoms with Gasteiger partial charge in [-0.15, -0.1) is 0 Å². The Labute approximate surface area is 74.5 Å². The van der Waals surface area contributed by atoms with E-state index in [4.69, 9.17) is 0 Å². The molecule has 0 bridgehead atoms. The summed E-state index contributed by atoms with van der Waals surface area (Å²) in [7, 11) is 0. The summed E-state index contributed by atoms with van der Waals surface area (Å²) in [6.07, 6.45) is 8.24. The molecule has 2 aliphatic carbocycles. The zero-order chi connectivity index (χ0) is 8.60. The van der Waals surface area contributed by atoms with Gasteiger partial charge < -0.3 is 0 Å². The lowest BCUT2D eigenvalue weighted by molar-refractivity contribution is -0.134. The molecule has 2 aliphatic rings. The lowest BCUT2D eigenvalue weighted by atomic mass is 9.65. The Morgan fingerprint density at radius 2 is 1.92 bits per heavy atom. The second-order valence-electron chi connectivity index (χ2n) is 4.58. The first kappa shape index (κ1) is 8.28. The lowest BCUT2D eigenvalue weighted by Crippen LogP contribution is -2.38. The maximum Gasteiger partial charge on any atom is 0.139 e. The molecule has 12 heavy (non-hydrogen) atoms. The molecule has 2 saturated carbocycles. The van der Waals surface area contributed by atoms with Crippen LogP contribution in [0.3, 0.4) is 0 Å². The Morgan fingerprint density at radius 3 is 2.50 bits per heavy atom. The monoisotopic (exact) mass is 166 g/mol. The smallest absolute Gasteiger partial charge is 0.139 e. The van der Waals surface area contributed by atoms with Crippen molar-refractivity contribution in [2.75, 3.05) is 0 Å². The van der Waals surface area contributed by atoms with Crippen LogP contribution in [0.2, 0.25) is 0 Å². The van der Waals surface area contributed by atoms with Crippen molar-refractivity contribution in [2.45, 2.75) is 51.9 Å². The van der Waals surface area contributed by atoms with E-state index in [1.54, 1.807) is 0 Å². The van der Waals surface area contributed by atoms with Crippen molar-refractivity contribution < 1.29 is 4.79 Å². The van der Waals surface area contributed by atoms with Crippen LogP contribution in [0.15, 0.2) is 0 Å². The van der Waals surface area contributed by atoms with E-state index >= 15 is 0 Å². The predicted molar refractivity (Wildman–Crippen MR) is 48.9 cm³/mol. The molecular weight excluding hydrogens is 148 g/mol. The third-order valence-corrected chi connectivity index (χ3v) is 4.04. The van der Waals surface area contributed by atoms with Gasteiger partial charge in [0.1, 0.15) is 5.78 Å². The molecule has 2 rings (SSSR count). The van der Waals surface area contributed by atoms with Gasteiger partial charge in [0.2, 0.25) is 0 Å². The molecular formula is C11H18O. The Hall–Kier alpha value is -0.330. The molecule has 0 aliphatic heterocycles. The second-order valence-corrected chi connectivity index (χ2v) is 4.58. The summed E-state index contributed by atoms with van der Waals surface area (Å²) in [5.41, 5.74) is 0.151. The Kier molecular flexibility index (Phi) is 1.97. The average molecular weight is 166 g/mol. The third kappa shape index (κ3) is 1.02. The van der Waals surface area contributed by atoms with E-state index in [2.05, 4.69) is 6.92 Å². The van der Waals surface area contributed by atoms with Gasteiger partial charge in [-0.3, -0.25) is 4.79 Å². The normalized spacial score (nSPS) is 34.4. The lowest BCUT2D eigenvalue weighted by Gasteiger charge is -2.37. The number of Topliss-reactive ketones (excluding diaryl/α,β-unsaturated/α-hetero) is 1. The van der Waals surface area contributed by atoms with Crippen LogP contribution >= 0.6 is 0 Å². The molecule has 0 saturated heterocycles. The van der Waals surface area contributed by atoms with Crippen molar-refractivity contribution in [2.24, 2.45) is 11.3 Å². The summed E-state index contributed by atoms with van der Waals surface area (Å²) >= 11 is 0. The van der Waals surface area contributed by atoms with Crippen LogP contribution in [0.4, 0.5) is 0 Å². The highest BCUT2D eigenvalue weighted by Gasteiger charge is 2.46. The minimum atomic E-state index is 0.151. The van der Waals surface area contributed by atoms with Gasteiger partial charge in [-0.05, 0) is 31.6 Å². The Bertz CT molecular complexity index is 189. The fraction of sp³-hybridized carbons (Fsp3) is 0.909. The van der Waals surface area contributed by atoms with Crippen molar-refractivity contribution in [1.82, 2.24) is 0 Å². The van der Waals surface area contributed by atoms with Gasteiger partial charge in [0, 0.05) is 11.8 Å². The molecule has 0 aromatic rings. The van der Waals surface area contributed by atoms with Gasteiger partial charge in [-0.1, -0.05) is 19.8 Å². The van der Waals surface area contributed by atoms with Crippen molar-refractivity contribution in [3.05, 3.63) is 0 Å². The van der Waals surface area contributed by atoms with Gasteiger partial charge in [0.15, 0.2) is 0 Å². The number of carbonyl (C=O) groups is 1. The summed E-state index contributed by atoms with van der Waals surface area (Å²) in [5, 5.41) is 0. The van der Waals surface area contributed by atoms with E-state index in [-0.39, 0.29) is 5.41 Å². The molecule has 0 aromatic carbocycles. The molecule has 0 amide bonds. The summed E-state index contributed by atoms with van der Waals surface area (Å²) in [5.74, 6) is 1.25. The highest BCUT2D eigenvalue weighted by molar-refractivity contribution is 5.86. The molecule has 0 heterocycles. The molecule has 1 spiro atoms. The van der Waals surface area contributed by atoms with Crippen molar-refractivity contribution in [1.29, 1.82) is 0 Å². The molecule has 2 fully saturated rings. The first-order valence-electron chi connectivity index (χ1n) is 5.29. The van der Waals surface area contributed by atoms with Crippen LogP contribution in [-0.4, -0.2) is 5.78 Å². The SMILES string of the molecule is CC1CCCC(=O)C12CCCC2. The summed E-state index contributed by atoms with van der Waals surface area (Å²) in [4.78, 5) is 11.8. The van der Waals surface area contributed by atoms with Crippen LogP contribution in [0.5, 0.6) is 0 Å². The van der Waals surface area contributed by atoms with Gasteiger partial charge in [0.05, 0.1) is 0 Å². The average Bonchev–Trinajstić information content (AvgIpc) is 2.50. The molecule has 1 nitrogen and oxygen atoms in total. The second kappa shape index (κ2) is 2.86. The molecule has 0 aromatic heterocycles. The number of carbonyl (C=O) groups excluding carboxylic acids is 1. The van der Waals surface area contributed by atoms with E-state index in [0.29, 0.717) is 11.7 Å². The van der Waals surface area contributed by atoms with Gasteiger partial charge >= 0.3 is 0 Å². The van der Waals surface area contributed by atoms with E-state index in [9.17, 15) is 4.79 Å². The largest absolute Gasteiger partial charge is 0.299 e. The quantitative estimate of drug-likeness (QED) is 0.540. The van der Waals surface area contributed by atoms with Gasteiger partial charge in [-0.2, -0.15) is 0 Å². The highest BCUT2D eigenvalue weighted by atomic mass is 16.1. The highest BCUT2D eigenvalue weighted by Crippen LogP contribution is 2.50. The van der Waals surface area contributed by atoms with Crippen LogP contribution < -0.4 is 0 Å². The number of ketones is 1. The van der Waals surface area contributed by atoms with Crippen LogP contribution in [0.25, 0.3) is 0 Å². The fourth-order valence-electron chi connectivity index (χ4n) is 3.15. The van der Waals surface area contributed by atoms with Crippen molar-refractivity contribution in [3.63, 3.8) is 0 Å². The summed E-state index contributed by atoms with van der Waals surface area (Å²) < 4.78 is 0. The first-order chi connectivity index (χ1) is 5.76. The first-order valence-corrected chi connectivity index (χ1v) is 5.29. The molecule has 0 N–H and O–H groups in total. The third-order valence-electron chi connectivity index (χ3n) is 4.04. The maximum absolute atomic E-state index is 11.8. The topological polar surface area (TPSA) is 17.1 Å². The maximum atomic E-state index is 11.8. The number of hydrogen-bond donors (Lipinski definition) is 0. The number of hydrogen-bond acceptors (Lipinski definition) is 1. The van der Waals surface area contributed by atoms with Crippen molar-refractivity contribution >= 4 is 5.78 Å². The van der Waals surface area contributed by atoms with Crippen molar-refractivity contribution in [3.8, 4) is 0 Å². The van der Waals surface area contributed by atoms with Crippen LogP contribution in [-0.2, 0) is 4.79 Å². The van der Waals surface area contributed by atoms with E-state index < -0.39 is 0 Å². The predicted octanol–water partition coefficient (Wildman–Crippen LogP) is 2.94. The van der Waals surface area contributed by atoms with Crippen LogP contribution in [0, 0.1) is 11.3 Å². The summed E-state index contributed by atoms with van der Waals surface area (Å²) in [6.45, 7) is 2.28. The Morgan fingerprint density at radius 1 is 1.25 bits per heavy atom. The number of rotatable bonds is 0. The zero-order valence-corrected chi connectivity index (χ0v) is 7.94. The van der Waals surface area contributed by atoms with E-state index in [1.807, 2.05) is 0 Å².